The first-order chi connectivity index (χ1) is 15.2. The summed E-state index contributed by atoms with van der Waals surface area (Å²) in [5.41, 5.74) is 2.30. The van der Waals surface area contributed by atoms with Crippen LogP contribution in [0.1, 0.15) is 41.3 Å². The number of likely N-dealkylation sites (tertiary alicyclic amines) is 1. The Morgan fingerprint density at radius 3 is 2.34 bits per heavy atom. The molecule has 8 nitrogen and oxygen atoms in total. The summed E-state index contributed by atoms with van der Waals surface area (Å²) in [4.78, 5) is 26.3. The zero-order chi connectivity index (χ0) is 23.3. The second-order valence-electron chi connectivity index (χ2n) is 7.89. The smallest absolute Gasteiger partial charge is 0.409 e. The van der Waals surface area contributed by atoms with Crippen LogP contribution in [0.4, 0.5) is 10.5 Å². The zero-order valence-electron chi connectivity index (χ0n) is 18.6. The van der Waals surface area contributed by atoms with Gasteiger partial charge in [-0.25, -0.2) is 13.2 Å². The molecule has 2 aromatic carbocycles. The van der Waals surface area contributed by atoms with Gasteiger partial charge in [-0.05, 0) is 63.4 Å². The summed E-state index contributed by atoms with van der Waals surface area (Å²) in [6.45, 7) is 6.70. The highest BCUT2D eigenvalue weighted by atomic mass is 32.2. The number of hydrogen-bond donors (Lipinski definition) is 2. The Bertz CT molecular complexity index is 1080. The number of rotatable bonds is 6. The van der Waals surface area contributed by atoms with Crippen molar-refractivity contribution in [3.05, 3.63) is 59.2 Å². The Kier molecular flexibility index (Phi) is 7.40. The fraction of sp³-hybridized carbons (Fsp3) is 0.391. The van der Waals surface area contributed by atoms with Crippen molar-refractivity contribution in [1.29, 1.82) is 0 Å². The maximum absolute atomic E-state index is 12.9. The van der Waals surface area contributed by atoms with Crippen molar-refractivity contribution < 1.29 is 22.7 Å². The molecule has 0 aromatic heterocycles. The van der Waals surface area contributed by atoms with Crippen LogP contribution in [-0.4, -0.2) is 51.1 Å². The summed E-state index contributed by atoms with van der Waals surface area (Å²) in [6, 6.07) is 11.6. The number of nitrogens with zero attached hydrogens (tertiary/aromatic N) is 1. The van der Waals surface area contributed by atoms with Gasteiger partial charge in [-0.3, -0.25) is 9.52 Å². The second-order valence-corrected chi connectivity index (χ2v) is 9.54. The molecule has 0 bridgehead atoms. The Balaban J connectivity index is 1.68. The molecule has 0 unspecified atom stereocenters. The molecular weight excluding hydrogens is 430 g/mol. The lowest BCUT2D eigenvalue weighted by Gasteiger charge is -2.31. The van der Waals surface area contributed by atoms with E-state index in [0.717, 1.165) is 5.56 Å². The third-order valence-corrected chi connectivity index (χ3v) is 6.92. The van der Waals surface area contributed by atoms with E-state index in [2.05, 4.69) is 10.0 Å². The van der Waals surface area contributed by atoms with Gasteiger partial charge < -0.3 is 15.0 Å². The van der Waals surface area contributed by atoms with E-state index in [4.69, 9.17) is 4.74 Å². The van der Waals surface area contributed by atoms with Crippen LogP contribution in [0.3, 0.4) is 0 Å². The highest BCUT2D eigenvalue weighted by Crippen LogP contribution is 2.22. The Morgan fingerprint density at radius 2 is 1.72 bits per heavy atom. The Labute approximate surface area is 189 Å². The molecule has 0 aliphatic carbocycles. The largest absolute Gasteiger partial charge is 0.450 e. The number of aryl methyl sites for hydroxylation is 2. The van der Waals surface area contributed by atoms with Gasteiger partial charge in [-0.15, -0.1) is 0 Å². The van der Waals surface area contributed by atoms with E-state index < -0.39 is 10.0 Å². The lowest BCUT2D eigenvalue weighted by molar-refractivity contribution is 0.0860. The monoisotopic (exact) mass is 459 g/mol. The summed E-state index contributed by atoms with van der Waals surface area (Å²) in [6.07, 6.45) is 0.874. The average Bonchev–Trinajstić information content (AvgIpc) is 2.76. The number of anilines is 1. The van der Waals surface area contributed by atoms with E-state index >= 15 is 0 Å². The Hall–Kier alpha value is -3.07. The van der Waals surface area contributed by atoms with Crippen LogP contribution in [0.5, 0.6) is 0 Å². The molecule has 2 amide bonds. The van der Waals surface area contributed by atoms with Crippen LogP contribution in [0, 0.1) is 13.8 Å². The third-order valence-electron chi connectivity index (χ3n) is 5.40. The minimum Gasteiger partial charge on any atom is -0.450 e. The van der Waals surface area contributed by atoms with Crippen molar-refractivity contribution in [2.75, 3.05) is 24.4 Å². The maximum Gasteiger partial charge on any atom is 0.409 e. The summed E-state index contributed by atoms with van der Waals surface area (Å²) in [7, 11) is -3.86. The van der Waals surface area contributed by atoms with Crippen LogP contribution in [0.15, 0.2) is 47.4 Å². The minimum atomic E-state index is -3.86. The molecule has 2 aromatic rings. The van der Waals surface area contributed by atoms with Crippen LogP contribution in [-0.2, 0) is 14.8 Å². The molecule has 0 atom stereocenters. The molecule has 1 aliphatic rings. The predicted molar refractivity (Wildman–Crippen MR) is 122 cm³/mol. The van der Waals surface area contributed by atoms with Gasteiger partial charge in [0.1, 0.15) is 0 Å². The van der Waals surface area contributed by atoms with Gasteiger partial charge in [-0.2, -0.15) is 0 Å². The maximum atomic E-state index is 12.9. The van der Waals surface area contributed by atoms with Crippen molar-refractivity contribution >= 4 is 27.7 Å². The predicted octanol–water partition coefficient (Wildman–Crippen LogP) is 3.45. The summed E-state index contributed by atoms with van der Waals surface area (Å²) in [5.74, 6) is -0.341. The molecule has 1 heterocycles. The van der Waals surface area contributed by atoms with E-state index in [1.54, 1.807) is 43.0 Å². The van der Waals surface area contributed by atoms with Crippen molar-refractivity contribution in [2.24, 2.45) is 0 Å². The molecule has 2 N–H and O–H groups in total. The molecule has 9 heteroatoms. The topological polar surface area (TPSA) is 105 Å². The number of ether oxygens (including phenoxy) is 1. The highest BCUT2D eigenvalue weighted by molar-refractivity contribution is 7.92. The molecule has 32 heavy (non-hydrogen) atoms. The lowest BCUT2D eigenvalue weighted by atomic mass is 10.0. The number of carbonyl (C=O) groups excluding carboxylic acids is 2. The fourth-order valence-corrected chi connectivity index (χ4v) is 4.88. The van der Waals surface area contributed by atoms with Gasteiger partial charge in [-0.1, -0.05) is 23.8 Å². The SMILES string of the molecule is CCOC(=O)N1CCC(NC(=O)c2ccc(C)c(S(=O)(=O)Nc3ccc(C)cc3)c2)CC1. The van der Waals surface area contributed by atoms with Gasteiger partial charge in [0.05, 0.1) is 11.5 Å². The number of sulfonamides is 1. The van der Waals surface area contributed by atoms with Gasteiger partial charge in [0.25, 0.3) is 15.9 Å². The first-order valence-corrected chi connectivity index (χ1v) is 12.1. The molecule has 1 aliphatic heterocycles. The number of benzene rings is 2. The van der Waals surface area contributed by atoms with Crippen molar-refractivity contribution in [3.8, 4) is 0 Å². The molecule has 172 valence electrons. The van der Waals surface area contributed by atoms with E-state index in [9.17, 15) is 18.0 Å². The van der Waals surface area contributed by atoms with E-state index in [0.29, 0.717) is 43.8 Å². The molecule has 1 saturated heterocycles. The summed E-state index contributed by atoms with van der Waals surface area (Å²) >= 11 is 0. The van der Waals surface area contributed by atoms with Gasteiger partial charge in [0, 0.05) is 30.4 Å². The normalized spacial score (nSPS) is 14.7. The van der Waals surface area contributed by atoms with Gasteiger partial charge in [0.2, 0.25) is 0 Å². The first-order valence-electron chi connectivity index (χ1n) is 10.6. The zero-order valence-corrected chi connectivity index (χ0v) is 19.4. The Morgan fingerprint density at radius 1 is 1.06 bits per heavy atom. The third kappa shape index (κ3) is 5.79. The average molecular weight is 460 g/mol. The highest BCUT2D eigenvalue weighted by Gasteiger charge is 2.25. The first kappa shape index (κ1) is 23.6. The van der Waals surface area contributed by atoms with Gasteiger partial charge >= 0.3 is 6.09 Å². The number of hydrogen-bond acceptors (Lipinski definition) is 5. The summed E-state index contributed by atoms with van der Waals surface area (Å²) in [5, 5.41) is 2.95. The van der Waals surface area contributed by atoms with Crippen LogP contribution < -0.4 is 10.0 Å². The van der Waals surface area contributed by atoms with Gasteiger partial charge in [0.15, 0.2) is 0 Å². The van der Waals surface area contributed by atoms with Crippen LogP contribution in [0.25, 0.3) is 0 Å². The van der Waals surface area contributed by atoms with Crippen LogP contribution in [0.2, 0.25) is 0 Å². The summed E-state index contributed by atoms with van der Waals surface area (Å²) < 4.78 is 33.4. The molecule has 3 rings (SSSR count). The van der Waals surface area contributed by atoms with Crippen molar-refractivity contribution in [3.63, 3.8) is 0 Å². The molecule has 0 saturated carbocycles. The minimum absolute atomic E-state index is 0.0582. The molecular formula is C23H29N3O5S. The molecule has 1 fully saturated rings. The van der Waals surface area contributed by atoms with E-state index in [-0.39, 0.29) is 28.5 Å². The van der Waals surface area contributed by atoms with E-state index in [1.165, 1.54) is 6.07 Å². The van der Waals surface area contributed by atoms with Crippen molar-refractivity contribution in [2.45, 2.75) is 44.6 Å². The van der Waals surface area contributed by atoms with E-state index in [1.807, 2.05) is 19.1 Å². The standard InChI is InChI=1S/C23H29N3O5S/c1-4-31-23(28)26-13-11-19(12-14-26)24-22(27)18-8-7-17(3)21(15-18)32(29,30)25-20-9-5-16(2)6-10-20/h5-10,15,19,25H,4,11-14H2,1-3H3,(H,24,27). The number of carbonyl (C=O) groups is 2. The number of amides is 2. The van der Waals surface area contributed by atoms with Crippen molar-refractivity contribution in [1.82, 2.24) is 10.2 Å². The molecule has 0 spiro atoms. The molecule has 0 radical (unpaired) electrons. The number of piperidine rings is 1. The number of nitrogens with one attached hydrogen (secondary N) is 2. The lowest BCUT2D eigenvalue weighted by Crippen LogP contribution is -2.46. The van der Waals surface area contributed by atoms with Crippen LogP contribution >= 0.6 is 0 Å². The quantitative estimate of drug-likeness (QED) is 0.688. The fourth-order valence-electron chi connectivity index (χ4n) is 3.55. The second kappa shape index (κ2) is 10.0.